The van der Waals surface area contributed by atoms with Crippen LogP contribution in [0.1, 0.15) is 16.1 Å². The lowest BCUT2D eigenvalue weighted by Crippen LogP contribution is -2.46. The predicted octanol–water partition coefficient (Wildman–Crippen LogP) is -0.294. The first-order chi connectivity index (χ1) is 9.09. The molecular weight excluding hydrogens is 242 g/mol. The highest BCUT2D eigenvalue weighted by Crippen LogP contribution is 2.08. The van der Waals surface area contributed by atoms with E-state index in [-0.39, 0.29) is 5.91 Å². The number of likely N-dealkylation sites (N-methyl/N-ethyl adjacent to an activating group) is 1. The highest BCUT2D eigenvalue weighted by atomic mass is 16.2. The Morgan fingerprint density at radius 2 is 2.16 bits per heavy atom. The topological polar surface area (TPSA) is 53.4 Å². The van der Waals surface area contributed by atoms with E-state index in [9.17, 15) is 4.79 Å². The zero-order valence-corrected chi connectivity index (χ0v) is 12.0. The quantitative estimate of drug-likeness (QED) is 0.812. The number of amides is 1. The number of nitrogens with zero attached hydrogens (tertiary/aromatic N) is 4. The fourth-order valence-electron chi connectivity index (χ4n) is 2.24. The number of hydrogen-bond acceptors (Lipinski definition) is 4. The molecule has 0 radical (unpaired) electrons. The Labute approximate surface area is 114 Å². The minimum atomic E-state index is 0.0562. The van der Waals surface area contributed by atoms with Crippen LogP contribution in [0.4, 0.5) is 0 Å². The summed E-state index contributed by atoms with van der Waals surface area (Å²) in [5, 5.41) is 7.45. The average Bonchev–Trinajstić information content (AvgIpc) is 2.77. The number of rotatable bonds is 4. The van der Waals surface area contributed by atoms with Gasteiger partial charge in [0.1, 0.15) is 0 Å². The standard InChI is InChI=1S/C13H23N5O/c1-11-12(10-15-17(11)3)13(19)16(2)8-9-18-6-4-14-5-7-18/h10,14H,4-9H2,1-3H3. The molecule has 1 N–H and O–H groups in total. The first-order valence-electron chi connectivity index (χ1n) is 6.76. The van der Waals surface area contributed by atoms with Crippen LogP contribution in [-0.4, -0.2) is 71.8 Å². The third kappa shape index (κ3) is 3.33. The van der Waals surface area contributed by atoms with Crippen LogP contribution in [0, 0.1) is 6.92 Å². The van der Waals surface area contributed by atoms with E-state index in [4.69, 9.17) is 0 Å². The third-order valence-electron chi connectivity index (χ3n) is 3.77. The van der Waals surface area contributed by atoms with Gasteiger partial charge in [-0.2, -0.15) is 5.10 Å². The highest BCUT2D eigenvalue weighted by molar-refractivity contribution is 5.94. The van der Waals surface area contributed by atoms with Gasteiger partial charge in [-0.3, -0.25) is 14.4 Å². The number of aromatic nitrogens is 2. The van der Waals surface area contributed by atoms with Gasteiger partial charge < -0.3 is 10.2 Å². The molecule has 19 heavy (non-hydrogen) atoms. The summed E-state index contributed by atoms with van der Waals surface area (Å²) in [6, 6.07) is 0. The molecule has 106 valence electrons. The molecule has 1 aliphatic heterocycles. The van der Waals surface area contributed by atoms with Crippen molar-refractivity contribution in [3.63, 3.8) is 0 Å². The van der Waals surface area contributed by atoms with Gasteiger partial charge in [0.25, 0.3) is 5.91 Å². The van der Waals surface area contributed by atoms with Crippen LogP contribution in [0.15, 0.2) is 6.20 Å². The molecule has 0 spiro atoms. The summed E-state index contributed by atoms with van der Waals surface area (Å²) in [5.41, 5.74) is 1.62. The molecular formula is C13H23N5O. The minimum absolute atomic E-state index is 0.0562. The van der Waals surface area contributed by atoms with Crippen molar-refractivity contribution in [3.05, 3.63) is 17.5 Å². The second-order valence-electron chi connectivity index (χ2n) is 5.09. The number of hydrogen-bond donors (Lipinski definition) is 1. The summed E-state index contributed by atoms with van der Waals surface area (Å²) in [6.07, 6.45) is 1.65. The van der Waals surface area contributed by atoms with Crippen molar-refractivity contribution in [3.8, 4) is 0 Å². The molecule has 6 nitrogen and oxygen atoms in total. The van der Waals surface area contributed by atoms with Gasteiger partial charge >= 0.3 is 0 Å². The molecule has 1 saturated heterocycles. The Bertz CT molecular complexity index is 436. The summed E-state index contributed by atoms with van der Waals surface area (Å²) in [5.74, 6) is 0.0562. The highest BCUT2D eigenvalue weighted by Gasteiger charge is 2.18. The van der Waals surface area contributed by atoms with Gasteiger partial charge in [-0.15, -0.1) is 0 Å². The molecule has 2 heterocycles. The zero-order valence-electron chi connectivity index (χ0n) is 12.0. The van der Waals surface area contributed by atoms with Crippen LogP contribution in [0.25, 0.3) is 0 Å². The Kier molecular flexibility index (Phi) is 4.55. The van der Waals surface area contributed by atoms with E-state index in [0.29, 0.717) is 5.56 Å². The molecule has 1 fully saturated rings. The van der Waals surface area contributed by atoms with E-state index in [1.807, 2.05) is 21.0 Å². The van der Waals surface area contributed by atoms with Gasteiger partial charge in [-0.1, -0.05) is 0 Å². The maximum atomic E-state index is 12.3. The predicted molar refractivity (Wildman–Crippen MR) is 74.2 cm³/mol. The lowest BCUT2D eigenvalue weighted by atomic mass is 10.2. The summed E-state index contributed by atoms with van der Waals surface area (Å²) in [4.78, 5) is 16.5. The van der Waals surface area contributed by atoms with E-state index < -0.39 is 0 Å². The molecule has 1 amide bonds. The normalized spacial score (nSPS) is 16.6. The van der Waals surface area contributed by atoms with Gasteiger partial charge in [-0.25, -0.2) is 0 Å². The fraction of sp³-hybridized carbons (Fsp3) is 0.692. The van der Waals surface area contributed by atoms with Crippen molar-refractivity contribution in [2.45, 2.75) is 6.92 Å². The SMILES string of the molecule is Cc1c(C(=O)N(C)CCN2CCNCC2)cnn1C. The molecule has 1 aliphatic rings. The second kappa shape index (κ2) is 6.16. The number of nitrogens with one attached hydrogen (secondary N) is 1. The van der Waals surface area contributed by atoms with Crippen molar-refractivity contribution >= 4 is 5.91 Å². The Morgan fingerprint density at radius 1 is 1.47 bits per heavy atom. The van der Waals surface area contributed by atoms with E-state index in [1.54, 1.807) is 15.8 Å². The van der Waals surface area contributed by atoms with Crippen LogP contribution < -0.4 is 5.32 Å². The van der Waals surface area contributed by atoms with Gasteiger partial charge in [0, 0.05) is 59.1 Å². The molecule has 0 aromatic carbocycles. The Morgan fingerprint density at radius 3 is 2.74 bits per heavy atom. The Hall–Kier alpha value is -1.40. The smallest absolute Gasteiger partial charge is 0.257 e. The van der Waals surface area contributed by atoms with Gasteiger partial charge in [0.2, 0.25) is 0 Å². The monoisotopic (exact) mass is 265 g/mol. The van der Waals surface area contributed by atoms with Crippen LogP contribution in [0.3, 0.4) is 0 Å². The summed E-state index contributed by atoms with van der Waals surface area (Å²) in [6.45, 7) is 7.82. The van der Waals surface area contributed by atoms with E-state index >= 15 is 0 Å². The van der Waals surface area contributed by atoms with Crippen LogP contribution in [0.2, 0.25) is 0 Å². The van der Waals surface area contributed by atoms with Crippen LogP contribution in [0.5, 0.6) is 0 Å². The molecule has 2 rings (SSSR count). The molecule has 6 heteroatoms. The summed E-state index contributed by atoms with van der Waals surface area (Å²) in [7, 11) is 3.71. The van der Waals surface area contributed by atoms with E-state index in [0.717, 1.165) is 45.0 Å². The van der Waals surface area contributed by atoms with Crippen molar-refractivity contribution in [2.24, 2.45) is 7.05 Å². The largest absolute Gasteiger partial charge is 0.340 e. The van der Waals surface area contributed by atoms with Crippen molar-refractivity contribution in [2.75, 3.05) is 46.3 Å². The van der Waals surface area contributed by atoms with Crippen molar-refractivity contribution < 1.29 is 4.79 Å². The lowest BCUT2D eigenvalue weighted by Gasteiger charge is -2.29. The third-order valence-corrected chi connectivity index (χ3v) is 3.77. The molecule has 0 atom stereocenters. The van der Waals surface area contributed by atoms with E-state index in [2.05, 4.69) is 15.3 Å². The van der Waals surface area contributed by atoms with E-state index in [1.165, 1.54) is 0 Å². The summed E-state index contributed by atoms with van der Waals surface area (Å²) < 4.78 is 1.73. The lowest BCUT2D eigenvalue weighted by molar-refractivity contribution is 0.0774. The van der Waals surface area contributed by atoms with Gasteiger partial charge in [0.15, 0.2) is 0 Å². The zero-order chi connectivity index (χ0) is 13.8. The average molecular weight is 265 g/mol. The fourth-order valence-corrected chi connectivity index (χ4v) is 2.24. The van der Waals surface area contributed by atoms with Crippen molar-refractivity contribution in [1.29, 1.82) is 0 Å². The van der Waals surface area contributed by atoms with Gasteiger partial charge in [-0.05, 0) is 6.92 Å². The van der Waals surface area contributed by atoms with Gasteiger partial charge in [0.05, 0.1) is 11.8 Å². The molecule has 1 aromatic heterocycles. The Balaban J connectivity index is 1.87. The first kappa shape index (κ1) is 14.0. The first-order valence-corrected chi connectivity index (χ1v) is 6.76. The van der Waals surface area contributed by atoms with Crippen LogP contribution in [-0.2, 0) is 7.05 Å². The summed E-state index contributed by atoms with van der Waals surface area (Å²) >= 11 is 0. The minimum Gasteiger partial charge on any atom is -0.340 e. The molecule has 0 unspecified atom stereocenters. The van der Waals surface area contributed by atoms with Crippen molar-refractivity contribution in [1.82, 2.24) is 24.9 Å². The maximum absolute atomic E-state index is 12.3. The molecule has 0 saturated carbocycles. The number of carbonyl (C=O) groups is 1. The molecule has 1 aromatic rings. The number of carbonyl (C=O) groups excluding carboxylic acids is 1. The molecule has 0 aliphatic carbocycles. The second-order valence-corrected chi connectivity index (χ2v) is 5.09. The maximum Gasteiger partial charge on any atom is 0.257 e. The van der Waals surface area contributed by atoms with Crippen LogP contribution >= 0.6 is 0 Å². The number of aryl methyl sites for hydroxylation is 1. The number of piperazine rings is 1. The molecule has 0 bridgehead atoms.